The van der Waals surface area contributed by atoms with E-state index in [9.17, 15) is 9.18 Å². The van der Waals surface area contributed by atoms with Crippen LogP contribution in [0, 0.1) is 5.82 Å². The second-order valence-electron chi connectivity index (χ2n) is 6.43. The summed E-state index contributed by atoms with van der Waals surface area (Å²) in [5, 5.41) is 4.77. The maximum absolute atomic E-state index is 13.4. The molecule has 3 heterocycles. The molecule has 1 amide bonds. The summed E-state index contributed by atoms with van der Waals surface area (Å²) in [6.07, 6.45) is 1.68. The Bertz CT molecular complexity index is 998. The van der Waals surface area contributed by atoms with E-state index in [-0.39, 0.29) is 11.7 Å². The van der Waals surface area contributed by atoms with Crippen LogP contribution in [-0.4, -0.2) is 39.2 Å². The molecule has 138 valence electrons. The van der Waals surface area contributed by atoms with Crippen LogP contribution in [0.25, 0.3) is 22.4 Å². The van der Waals surface area contributed by atoms with E-state index in [0.29, 0.717) is 25.5 Å². The van der Waals surface area contributed by atoms with E-state index in [4.69, 9.17) is 9.84 Å². The van der Waals surface area contributed by atoms with E-state index in [0.717, 1.165) is 28.1 Å². The first-order chi connectivity index (χ1) is 13.1. The summed E-state index contributed by atoms with van der Waals surface area (Å²) in [5.41, 5.74) is 4.33. The molecule has 1 aliphatic rings. The van der Waals surface area contributed by atoms with Crippen molar-refractivity contribution in [3.8, 4) is 28.3 Å². The minimum absolute atomic E-state index is 0.0315. The summed E-state index contributed by atoms with van der Waals surface area (Å²) in [4.78, 5) is 17.9. The summed E-state index contributed by atoms with van der Waals surface area (Å²) in [6, 6.07) is 10.0. The number of fused-ring (bicyclic) bond motifs is 1. The third-order valence-corrected chi connectivity index (χ3v) is 4.78. The van der Waals surface area contributed by atoms with Gasteiger partial charge in [0.2, 0.25) is 11.8 Å². The number of halogens is 1. The summed E-state index contributed by atoms with van der Waals surface area (Å²) < 4.78 is 20.6. The third-order valence-electron chi connectivity index (χ3n) is 4.78. The number of carbonyl (C=O) groups excluding carboxylic acids is 1. The number of hydrogen-bond donors (Lipinski definition) is 0. The number of methoxy groups -OCH3 is 1. The Labute approximate surface area is 156 Å². The van der Waals surface area contributed by atoms with Gasteiger partial charge in [-0.05, 0) is 35.9 Å². The van der Waals surface area contributed by atoms with Gasteiger partial charge in [0.1, 0.15) is 11.5 Å². The number of pyridine rings is 1. The predicted octanol–water partition coefficient (Wildman–Crippen LogP) is 3.12. The van der Waals surface area contributed by atoms with Crippen LogP contribution in [0.2, 0.25) is 0 Å². The number of benzene rings is 1. The van der Waals surface area contributed by atoms with Crippen molar-refractivity contribution >= 4 is 5.91 Å². The van der Waals surface area contributed by atoms with Gasteiger partial charge >= 0.3 is 0 Å². The van der Waals surface area contributed by atoms with E-state index in [1.165, 1.54) is 12.1 Å². The van der Waals surface area contributed by atoms with Gasteiger partial charge in [-0.25, -0.2) is 9.37 Å². The van der Waals surface area contributed by atoms with Gasteiger partial charge in [-0.1, -0.05) is 0 Å². The number of aromatic nitrogens is 3. The molecule has 0 saturated carbocycles. The summed E-state index contributed by atoms with van der Waals surface area (Å²) in [5.74, 6) is 0.235. The number of carbonyl (C=O) groups is 1. The van der Waals surface area contributed by atoms with Crippen molar-refractivity contribution in [2.45, 2.75) is 20.0 Å². The van der Waals surface area contributed by atoms with Gasteiger partial charge in [0.05, 0.1) is 25.9 Å². The van der Waals surface area contributed by atoms with E-state index in [1.807, 2.05) is 16.8 Å². The van der Waals surface area contributed by atoms with Crippen molar-refractivity contribution in [1.82, 2.24) is 19.7 Å². The van der Waals surface area contributed by atoms with Crippen molar-refractivity contribution in [1.29, 1.82) is 0 Å². The quantitative estimate of drug-likeness (QED) is 0.715. The van der Waals surface area contributed by atoms with Gasteiger partial charge in [-0.3, -0.25) is 9.48 Å². The van der Waals surface area contributed by atoms with E-state index >= 15 is 0 Å². The lowest BCUT2D eigenvalue weighted by molar-refractivity contribution is -0.130. The Morgan fingerprint density at radius 1 is 1.15 bits per heavy atom. The summed E-state index contributed by atoms with van der Waals surface area (Å²) in [6.45, 7) is 3.28. The van der Waals surface area contributed by atoms with Crippen LogP contribution in [0.1, 0.15) is 12.6 Å². The second-order valence-corrected chi connectivity index (χ2v) is 6.43. The first kappa shape index (κ1) is 17.2. The van der Waals surface area contributed by atoms with Crippen LogP contribution in [0.4, 0.5) is 4.39 Å². The first-order valence-corrected chi connectivity index (χ1v) is 8.68. The van der Waals surface area contributed by atoms with Gasteiger partial charge in [-0.15, -0.1) is 0 Å². The highest BCUT2D eigenvalue weighted by atomic mass is 19.1. The van der Waals surface area contributed by atoms with E-state index < -0.39 is 0 Å². The number of rotatable bonds is 3. The lowest BCUT2D eigenvalue weighted by Crippen LogP contribution is -2.37. The first-order valence-electron chi connectivity index (χ1n) is 8.68. The molecule has 0 fully saturated rings. The molecule has 4 rings (SSSR count). The molecule has 3 aromatic rings. The summed E-state index contributed by atoms with van der Waals surface area (Å²) >= 11 is 0. The molecular weight excluding hydrogens is 347 g/mol. The highest BCUT2D eigenvalue weighted by Crippen LogP contribution is 2.37. The molecule has 7 heteroatoms. The van der Waals surface area contributed by atoms with Gasteiger partial charge in [0.25, 0.3) is 0 Å². The minimum atomic E-state index is -0.294. The second kappa shape index (κ2) is 6.83. The van der Waals surface area contributed by atoms with Crippen LogP contribution in [0.3, 0.4) is 0 Å². The zero-order valence-electron chi connectivity index (χ0n) is 15.1. The molecular formula is C20H19FN4O2. The molecule has 0 N–H and O–H groups in total. The maximum atomic E-state index is 13.4. The van der Waals surface area contributed by atoms with E-state index in [2.05, 4.69) is 4.98 Å². The molecule has 1 aromatic carbocycles. The van der Waals surface area contributed by atoms with Gasteiger partial charge < -0.3 is 9.64 Å². The molecule has 0 unspecified atom stereocenters. The Kier molecular flexibility index (Phi) is 4.35. The summed E-state index contributed by atoms with van der Waals surface area (Å²) in [7, 11) is 1.57. The molecule has 0 bridgehead atoms. The Morgan fingerprint density at radius 2 is 1.93 bits per heavy atom. The Balaban J connectivity index is 1.91. The zero-order valence-corrected chi connectivity index (χ0v) is 15.1. The Morgan fingerprint density at radius 3 is 2.63 bits per heavy atom. The zero-order chi connectivity index (χ0) is 19.0. The molecule has 0 spiro atoms. The van der Waals surface area contributed by atoms with Crippen LogP contribution < -0.4 is 4.74 Å². The lowest BCUT2D eigenvalue weighted by atomic mass is 9.99. The minimum Gasteiger partial charge on any atom is -0.481 e. The highest BCUT2D eigenvalue weighted by Gasteiger charge is 2.27. The maximum Gasteiger partial charge on any atom is 0.219 e. The largest absolute Gasteiger partial charge is 0.481 e. The number of amides is 1. The van der Waals surface area contributed by atoms with Crippen LogP contribution in [0.15, 0.2) is 42.6 Å². The van der Waals surface area contributed by atoms with Crippen molar-refractivity contribution in [3.63, 3.8) is 0 Å². The standard InChI is InChI=1S/C20H19FN4O2/c1-13(26)24-9-10-25-17(12-24)19(15-7-8-22-18(11-15)27-2)20(23-25)14-3-5-16(21)6-4-14/h3-8,11H,9-10,12H2,1-2H3. The normalized spacial score (nSPS) is 13.4. The number of ether oxygens (including phenoxy) is 1. The van der Waals surface area contributed by atoms with Crippen molar-refractivity contribution in [2.24, 2.45) is 0 Å². The average Bonchev–Trinajstić information content (AvgIpc) is 3.07. The third kappa shape index (κ3) is 3.16. The topological polar surface area (TPSA) is 60.2 Å². The van der Waals surface area contributed by atoms with Crippen molar-refractivity contribution in [3.05, 3.63) is 54.1 Å². The SMILES string of the molecule is COc1cc(-c2c(-c3ccc(F)cc3)nn3c2CN(C(C)=O)CC3)ccn1. The molecule has 0 radical (unpaired) electrons. The average molecular weight is 366 g/mol. The van der Waals surface area contributed by atoms with Crippen LogP contribution in [0.5, 0.6) is 5.88 Å². The molecule has 27 heavy (non-hydrogen) atoms. The van der Waals surface area contributed by atoms with Gasteiger partial charge in [-0.2, -0.15) is 5.10 Å². The van der Waals surface area contributed by atoms with Crippen LogP contribution in [-0.2, 0) is 17.9 Å². The molecule has 6 nitrogen and oxygen atoms in total. The predicted molar refractivity (Wildman–Crippen MR) is 98.5 cm³/mol. The van der Waals surface area contributed by atoms with Gasteiger partial charge in [0, 0.05) is 36.9 Å². The highest BCUT2D eigenvalue weighted by molar-refractivity contribution is 5.83. The van der Waals surface area contributed by atoms with E-state index in [1.54, 1.807) is 37.3 Å². The molecule has 1 aliphatic heterocycles. The monoisotopic (exact) mass is 366 g/mol. The van der Waals surface area contributed by atoms with Crippen molar-refractivity contribution in [2.75, 3.05) is 13.7 Å². The molecule has 2 aromatic heterocycles. The molecule has 0 atom stereocenters. The molecule has 0 saturated heterocycles. The van der Waals surface area contributed by atoms with Crippen LogP contribution >= 0.6 is 0 Å². The van der Waals surface area contributed by atoms with Crippen molar-refractivity contribution < 1.29 is 13.9 Å². The Hall–Kier alpha value is -3.22. The smallest absolute Gasteiger partial charge is 0.219 e. The molecule has 0 aliphatic carbocycles. The fourth-order valence-electron chi connectivity index (χ4n) is 3.38. The van der Waals surface area contributed by atoms with Gasteiger partial charge in [0.15, 0.2) is 0 Å². The fraction of sp³-hybridized carbons (Fsp3) is 0.250. The lowest BCUT2D eigenvalue weighted by Gasteiger charge is -2.27. The fourth-order valence-corrected chi connectivity index (χ4v) is 3.38. The number of hydrogen-bond acceptors (Lipinski definition) is 4. The number of nitrogens with zero attached hydrogens (tertiary/aromatic N) is 4.